The average Bonchev–Trinajstić information content (AvgIpc) is 3.24. The largest absolute Gasteiger partial charge is 0.348 e. The number of aromatic amines is 1. The molecule has 7 nitrogen and oxygen atoms in total. The number of rotatable bonds is 3. The van der Waals surface area contributed by atoms with Gasteiger partial charge in [0.25, 0.3) is 0 Å². The van der Waals surface area contributed by atoms with Crippen molar-refractivity contribution in [2.24, 2.45) is 0 Å². The van der Waals surface area contributed by atoms with Crippen molar-refractivity contribution in [1.29, 1.82) is 0 Å². The molecule has 3 aromatic heterocycles. The first-order valence-corrected chi connectivity index (χ1v) is 9.93. The van der Waals surface area contributed by atoms with Gasteiger partial charge in [0.05, 0.1) is 17.6 Å². The molecule has 0 radical (unpaired) electrons. The van der Waals surface area contributed by atoms with Crippen LogP contribution in [0.2, 0.25) is 0 Å². The van der Waals surface area contributed by atoms with Crippen LogP contribution in [-0.4, -0.2) is 61.4 Å². The number of nitrogens with zero attached hydrogens (tertiary/aromatic N) is 6. The van der Waals surface area contributed by atoms with Crippen molar-refractivity contribution in [3.8, 4) is 11.5 Å². The molecule has 28 heavy (non-hydrogen) atoms. The van der Waals surface area contributed by atoms with Gasteiger partial charge in [-0.15, -0.1) is 0 Å². The van der Waals surface area contributed by atoms with Crippen molar-refractivity contribution in [2.45, 2.75) is 31.3 Å². The Morgan fingerprint density at radius 1 is 1.04 bits per heavy atom. The number of imidazole rings is 1. The smallest absolute Gasteiger partial charge is 0.178 e. The van der Waals surface area contributed by atoms with Gasteiger partial charge < -0.3 is 4.98 Å². The first-order valence-electron chi connectivity index (χ1n) is 9.93. The van der Waals surface area contributed by atoms with Crippen molar-refractivity contribution in [3.05, 3.63) is 60.1 Å². The fraction of sp³-hybridized carbons (Fsp3) is 0.429. The molecule has 5 heterocycles. The van der Waals surface area contributed by atoms with Gasteiger partial charge in [-0.3, -0.25) is 14.8 Å². The summed E-state index contributed by atoms with van der Waals surface area (Å²) in [5, 5.41) is 0. The maximum atomic E-state index is 4.69. The van der Waals surface area contributed by atoms with E-state index in [0.29, 0.717) is 5.82 Å². The number of hydrogen-bond acceptors (Lipinski definition) is 6. The number of likely N-dealkylation sites (tertiary alicyclic amines) is 1. The predicted octanol–water partition coefficient (Wildman–Crippen LogP) is 2.24. The van der Waals surface area contributed by atoms with E-state index in [4.69, 9.17) is 0 Å². The van der Waals surface area contributed by atoms with Crippen molar-refractivity contribution in [2.75, 3.05) is 26.7 Å². The van der Waals surface area contributed by atoms with E-state index in [1.807, 2.05) is 36.9 Å². The molecular weight excluding hydrogens is 350 g/mol. The van der Waals surface area contributed by atoms with Crippen molar-refractivity contribution in [1.82, 2.24) is 34.7 Å². The SMILES string of the molecule is CN1CCc2[nH]cnc2C12CCN(Cc1cnc(-c3ccccn3)nc1)CC2. The summed E-state index contributed by atoms with van der Waals surface area (Å²) in [6.07, 6.45) is 10.8. The Balaban J connectivity index is 1.26. The van der Waals surface area contributed by atoms with E-state index in [2.05, 4.69) is 41.8 Å². The van der Waals surface area contributed by atoms with E-state index < -0.39 is 0 Å². The Bertz CT molecular complexity index is 927. The Hall–Kier alpha value is -2.64. The number of nitrogens with one attached hydrogen (secondary N) is 1. The quantitative estimate of drug-likeness (QED) is 0.757. The standard InChI is InChI=1S/C21H25N7/c1-27-9-5-17-19(26-15-25-17)21(27)6-10-28(11-7-21)14-16-12-23-20(24-13-16)18-4-2-3-8-22-18/h2-4,8,12-13,15H,5-7,9-11,14H2,1H3,(H,25,26). The summed E-state index contributed by atoms with van der Waals surface area (Å²) in [6.45, 7) is 4.09. The van der Waals surface area contributed by atoms with Gasteiger partial charge in [0.2, 0.25) is 0 Å². The Kier molecular flexibility index (Phi) is 4.41. The van der Waals surface area contributed by atoms with E-state index >= 15 is 0 Å². The fourth-order valence-electron chi connectivity index (χ4n) is 4.61. The fourth-order valence-corrected chi connectivity index (χ4v) is 4.61. The van der Waals surface area contributed by atoms with Crippen LogP contribution >= 0.6 is 0 Å². The third kappa shape index (κ3) is 3.00. The lowest BCUT2D eigenvalue weighted by Gasteiger charge is -2.49. The Morgan fingerprint density at radius 3 is 2.61 bits per heavy atom. The molecule has 1 fully saturated rings. The van der Waals surface area contributed by atoms with Gasteiger partial charge in [0, 0.05) is 62.4 Å². The van der Waals surface area contributed by atoms with E-state index in [-0.39, 0.29) is 5.54 Å². The summed E-state index contributed by atoms with van der Waals surface area (Å²) >= 11 is 0. The van der Waals surface area contributed by atoms with Crippen LogP contribution in [0.15, 0.2) is 43.1 Å². The maximum Gasteiger partial charge on any atom is 0.178 e. The minimum atomic E-state index is 0.0867. The summed E-state index contributed by atoms with van der Waals surface area (Å²) < 4.78 is 0. The molecule has 0 atom stereocenters. The van der Waals surface area contributed by atoms with Crippen LogP contribution in [0.1, 0.15) is 29.8 Å². The first-order chi connectivity index (χ1) is 13.7. The van der Waals surface area contributed by atoms with Crippen molar-refractivity contribution >= 4 is 0 Å². The molecular formula is C21H25N7. The molecule has 0 aliphatic carbocycles. The number of likely N-dealkylation sites (N-methyl/N-ethyl adjacent to an activating group) is 1. The molecule has 0 amide bonds. The van der Waals surface area contributed by atoms with Gasteiger partial charge >= 0.3 is 0 Å². The van der Waals surface area contributed by atoms with Gasteiger partial charge in [-0.1, -0.05) is 6.07 Å². The number of piperidine rings is 1. The second-order valence-corrected chi connectivity index (χ2v) is 7.84. The van der Waals surface area contributed by atoms with Crippen LogP contribution < -0.4 is 0 Å². The molecule has 0 unspecified atom stereocenters. The van der Waals surface area contributed by atoms with Crippen LogP contribution in [0.3, 0.4) is 0 Å². The zero-order valence-corrected chi connectivity index (χ0v) is 16.2. The van der Waals surface area contributed by atoms with Crippen LogP contribution in [0, 0.1) is 0 Å². The number of H-pyrrole nitrogens is 1. The number of fused-ring (bicyclic) bond motifs is 2. The normalized spacial score (nSPS) is 19.6. The monoisotopic (exact) mass is 375 g/mol. The summed E-state index contributed by atoms with van der Waals surface area (Å²) in [5.74, 6) is 0.678. The van der Waals surface area contributed by atoms with Gasteiger partial charge in [-0.25, -0.2) is 15.0 Å². The predicted molar refractivity (Wildman–Crippen MR) is 106 cm³/mol. The van der Waals surface area contributed by atoms with E-state index in [9.17, 15) is 0 Å². The Morgan fingerprint density at radius 2 is 1.86 bits per heavy atom. The highest BCUT2D eigenvalue weighted by Crippen LogP contribution is 2.41. The molecule has 0 bridgehead atoms. The minimum absolute atomic E-state index is 0.0867. The molecule has 0 aromatic carbocycles. The summed E-state index contributed by atoms with van der Waals surface area (Å²) in [6, 6.07) is 5.79. The van der Waals surface area contributed by atoms with Gasteiger partial charge in [-0.2, -0.15) is 0 Å². The zero-order valence-electron chi connectivity index (χ0n) is 16.2. The molecule has 5 rings (SSSR count). The average molecular weight is 375 g/mol. The van der Waals surface area contributed by atoms with Crippen LogP contribution in [0.4, 0.5) is 0 Å². The van der Waals surface area contributed by atoms with Crippen LogP contribution in [0.5, 0.6) is 0 Å². The lowest BCUT2D eigenvalue weighted by atomic mass is 9.79. The molecule has 2 aliphatic rings. The molecule has 1 N–H and O–H groups in total. The lowest BCUT2D eigenvalue weighted by Crippen LogP contribution is -2.54. The second kappa shape index (κ2) is 7.07. The third-order valence-corrected chi connectivity index (χ3v) is 6.28. The molecule has 2 aliphatic heterocycles. The molecule has 7 heteroatoms. The summed E-state index contributed by atoms with van der Waals surface area (Å²) in [7, 11) is 2.25. The highest BCUT2D eigenvalue weighted by molar-refractivity contribution is 5.47. The number of hydrogen-bond donors (Lipinski definition) is 1. The van der Waals surface area contributed by atoms with Gasteiger partial charge in [-0.05, 0) is 32.0 Å². The number of pyridine rings is 1. The molecule has 3 aromatic rings. The highest BCUT2D eigenvalue weighted by Gasteiger charge is 2.44. The Labute approximate surface area is 164 Å². The van der Waals surface area contributed by atoms with Crippen LogP contribution in [0.25, 0.3) is 11.5 Å². The van der Waals surface area contributed by atoms with Crippen molar-refractivity contribution in [3.63, 3.8) is 0 Å². The lowest BCUT2D eigenvalue weighted by molar-refractivity contribution is 0.0221. The van der Waals surface area contributed by atoms with E-state index in [0.717, 1.165) is 56.7 Å². The first kappa shape index (κ1) is 17.5. The van der Waals surface area contributed by atoms with Gasteiger partial charge in [0.1, 0.15) is 5.69 Å². The topological polar surface area (TPSA) is 73.8 Å². The van der Waals surface area contributed by atoms with Crippen molar-refractivity contribution < 1.29 is 0 Å². The minimum Gasteiger partial charge on any atom is -0.348 e. The zero-order chi connectivity index (χ0) is 19.0. The summed E-state index contributed by atoms with van der Waals surface area (Å²) in [5.41, 5.74) is 4.63. The summed E-state index contributed by atoms with van der Waals surface area (Å²) in [4.78, 5) is 26.4. The third-order valence-electron chi connectivity index (χ3n) is 6.28. The molecule has 1 saturated heterocycles. The van der Waals surface area contributed by atoms with E-state index in [1.165, 1.54) is 11.4 Å². The molecule has 144 valence electrons. The van der Waals surface area contributed by atoms with E-state index in [1.54, 1.807) is 6.20 Å². The maximum absolute atomic E-state index is 4.69. The molecule has 1 spiro atoms. The highest BCUT2D eigenvalue weighted by atomic mass is 15.2. The second-order valence-electron chi connectivity index (χ2n) is 7.84. The van der Waals surface area contributed by atoms with Crippen LogP contribution in [-0.2, 0) is 18.5 Å². The number of aromatic nitrogens is 5. The van der Waals surface area contributed by atoms with Gasteiger partial charge in [0.15, 0.2) is 5.82 Å². The molecule has 0 saturated carbocycles.